The molecule has 2 rings (SSSR count). The van der Waals surface area contributed by atoms with E-state index in [0.717, 1.165) is 22.4 Å². The predicted octanol–water partition coefficient (Wildman–Crippen LogP) is 0.924. The molecule has 0 radical (unpaired) electrons. The maximum Gasteiger partial charge on any atom is 0.237 e. The monoisotopic (exact) mass is 366 g/mol. The zero-order valence-corrected chi connectivity index (χ0v) is 15.7. The van der Waals surface area contributed by atoms with Gasteiger partial charge in [-0.15, -0.1) is 0 Å². The Morgan fingerprint density at radius 2 is 1.76 bits per heavy atom. The molecule has 1 aliphatic heterocycles. The van der Waals surface area contributed by atoms with Gasteiger partial charge in [-0.25, -0.2) is 8.42 Å². The lowest BCUT2D eigenvalue weighted by atomic mass is 9.89. The third-order valence-electron chi connectivity index (χ3n) is 4.75. The minimum absolute atomic E-state index is 0.183. The standard InChI is InChI=1S/C17H26N4O3S/c1-12-10-14(20-3)11-13(2)15(12)4-9-25(23,24)21-7-5-17(19,6-8-21)16(18)22/h4,9-11,20H,5-8,19H2,1-3H3,(H2,18,22)/b9-4+. The Kier molecular flexibility index (Phi) is 5.55. The molecule has 0 unspecified atom stereocenters. The first kappa shape index (κ1) is 19.4. The molecule has 1 heterocycles. The van der Waals surface area contributed by atoms with Crippen molar-refractivity contribution in [1.82, 2.24) is 4.31 Å². The smallest absolute Gasteiger partial charge is 0.237 e. The summed E-state index contributed by atoms with van der Waals surface area (Å²) in [6.45, 7) is 4.25. The third kappa shape index (κ3) is 4.20. The first-order valence-electron chi connectivity index (χ1n) is 8.15. The lowest BCUT2D eigenvalue weighted by Crippen LogP contribution is -2.58. The van der Waals surface area contributed by atoms with Crippen LogP contribution in [0.2, 0.25) is 0 Å². The fourth-order valence-electron chi connectivity index (χ4n) is 3.01. The van der Waals surface area contributed by atoms with E-state index in [9.17, 15) is 13.2 Å². The minimum Gasteiger partial charge on any atom is -0.388 e. The van der Waals surface area contributed by atoms with Crippen LogP contribution in [0.5, 0.6) is 0 Å². The molecule has 1 aromatic carbocycles. The Hall–Kier alpha value is -1.90. The van der Waals surface area contributed by atoms with Crippen molar-refractivity contribution in [2.24, 2.45) is 11.5 Å². The number of amides is 1. The van der Waals surface area contributed by atoms with Crippen LogP contribution in [-0.2, 0) is 14.8 Å². The van der Waals surface area contributed by atoms with Gasteiger partial charge in [0.1, 0.15) is 0 Å². The largest absolute Gasteiger partial charge is 0.388 e. The summed E-state index contributed by atoms with van der Waals surface area (Å²) in [6, 6.07) is 3.94. The van der Waals surface area contributed by atoms with E-state index < -0.39 is 21.5 Å². The normalized spacial score (nSPS) is 18.4. The van der Waals surface area contributed by atoms with Crippen LogP contribution < -0.4 is 16.8 Å². The van der Waals surface area contributed by atoms with Crippen molar-refractivity contribution in [1.29, 1.82) is 0 Å². The molecule has 1 amide bonds. The number of piperidine rings is 1. The Morgan fingerprint density at radius 1 is 1.24 bits per heavy atom. The molecular weight excluding hydrogens is 340 g/mol. The van der Waals surface area contributed by atoms with Crippen LogP contribution in [0.1, 0.15) is 29.5 Å². The van der Waals surface area contributed by atoms with Gasteiger partial charge in [-0.05, 0) is 61.6 Å². The molecule has 7 nitrogen and oxygen atoms in total. The molecule has 5 N–H and O–H groups in total. The fourth-order valence-corrected chi connectivity index (χ4v) is 4.18. The molecule has 0 aliphatic carbocycles. The number of nitrogens with zero attached hydrogens (tertiary/aromatic N) is 1. The van der Waals surface area contributed by atoms with Crippen LogP contribution in [0.25, 0.3) is 6.08 Å². The fraction of sp³-hybridized carbons (Fsp3) is 0.471. The van der Waals surface area contributed by atoms with Crippen molar-refractivity contribution in [3.05, 3.63) is 34.2 Å². The van der Waals surface area contributed by atoms with Crippen LogP contribution in [0.15, 0.2) is 17.5 Å². The number of benzene rings is 1. The van der Waals surface area contributed by atoms with Gasteiger partial charge >= 0.3 is 0 Å². The van der Waals surface area contributed by atoms with Crippen LogP contribution in [0.3, 0.4) is 0 Å². The number of hydrogen-bond donors (Lipinski definition) is 3. The topological polar surface area (TPSA) is 119 Å². The van der Waals surface area contributed by atoms with Crippen LogP contribution >= 0.6 is 0 Å². The number of nitrogens with two attached hydrogens (primary N) is 2. The molecule has 25 heavy (non-hydrogen) atoms. The number of carbonyl (C=O) groups excluding carboxylic acids is 1. The molecule has 0 atom stereocenters. The lowest BCUT2D eigenvalue weighted by molar-refractivity contribution is -0.124. The summed E-state index contributed by atoms with van der Waals surface area (Å²) in [7, 11) is -1.74. The van der Waals surface area contributed by atoms with Gasteiger partial charge in [0, 0.05) is 31.2 Å². The molecule has 0 spiro atoms. The molecule has 1 aliphatic rings. The Labute approximate surface area is 149 Å². The number of anilines is 1. The Bertz CT molecular complexity index is 771. The third-order valence-corrected chi connectivity index (χ3v) is 6.32. The lowest BCUT2D eigenvalue weighted by Gasteiger charge is -2.35. The molecule has 1 fully saturated rings. The second-order valence-electron chi connectivity index (χ2n) is 6.54. The minimum atomic E-state index is -3.58. The molecule has 0 aromatic heterocycles. The summed E-state index contributed by atoms with van der Waals surface area (Å²) in [5.41, 5.74) is 13.9. The van der Waals surface area contributed by atoms with Gasteiger partial charge in [0.15, 0.2) is 0 Å². The highest BCUT2D eigenvalue weighted by Gasteiger charge is 2.38. The summed E-state index contributed by atoms with van der Waals surface area (Å²) >= 11 is 0. The zero-order valence-electron chi connectivity index (χ0n) is 14.9. The van der Waals surface area contributed by atoms with Gasteiger partial charge in [-0.1, -0.05) is 0 Å². The van der Waals surface area contributed by atoms with Crippen LogP contribution in [0.4, 0.5) is 5.69 Å². The van der Waals surface area contributed by atoms with E-state index in [1.165, 1.54) is 9.71 Å². The molecule has 0 saturated carbocycles. The van der Waals surface area contributed by atoms with Crippen molar-refractivity contribution < 1.29 is 13.2 Å². The van der Waals surface area contributed by atoms with Crippen molar-refractivity contribution >= 4 is 27.7 Å². The average Bonchev–Trinajstić information content (AvgIpc) is 2.54. The van der Waals surface area contributed by atoms with E-state index in [0.29, 0.717) is 0 Å². The summed E-state index contributed by atoms with van der Waals surface area (Å²) < 4.78 is 26.4. The summed E-state index contributed by atoms with van der Waals surface area (Å²) in [5, 5.41) is 4.29. The Balaban J connectivity index is 2.17. The first-order chi connectivity index (χ1) is 11.6. The SMILES string of the molecule is CNc1cc(C)c(/C=C/S(=O)(=O)N2CCC(N)(C(N)=O)CC2)c(C)c1. The number of rotatable bonds is 5. The second kappa shape index (κ2) is 7.15. The van der Waals surface area contributed by atoms with Crippen molar-refractivity contribution in [3.8, 4) is 0 Å². The molecule has 1 aromatic rings. The summed E-state index contributed by atoms with van der Waals surface area (Å²) in [6.07, 6.45) is 2.08. The van der Waals surface area contributed by atoms with Crippen molar-refractivity contribution in [3.63, 3.8) is 0 Å². The highest BCUT2D eigenvalue weighted by molar-refractivity contribution is 7.92. The summed E-state index contributed by atoms with van der Waals surface area (Å²) in [5.74, 6) is -0.587. The highest BCUT2D eigenvalue weighted by Crippen LogP contribution is 2.24. The Morgan fingerprint density at radius 3 is 2.20 bits per heavy atom. The van der Waals surface area contributed by atoms with E-state index in [1.807, 2.05) is 33.0 Å². The van der Waals surface area contributed by atoms with Gasteiger partial charge in [-0.3, -0.25) is 4.79 Å². The number of nitrogens with one attached hydrogen (secondary N) is 1. The number of aryl methyl sites for hydroxylation is 2. The van der Waals surface area contributed by atoms with Gasteiger partial charge < -0.3 is 16.8 Å². The van der Waals surface area contributed by atoms with E-state index in [1.54, 1.807) is 6.08 Å². The second-order valence-corrected chi connectivity index (χ2v) is 8.36. The molecular formula is C17H26N4O3S. The molecule has 138 valence electrons. The number of hydrogen-bond acceptors (Lipinski definition) is 5. The van der Waals surface area contributed by atoms with E-state index in [-0.39, 0.29) is 25.9 Å². The highest BCUT2D eigenvalue weighted by atomic mass is 32.2. The zero-order chi connectivity index (χ0) is 18.8. The van der Waals surface area contributed by atoms with Crippen LogP contribution in [0, 0.1) is 13.8 Å². The number of primary amides is 1. The predicted molar refractivity (Wildman–Crippen MR) is 100 cm³/mol. The van der Waals surface area contributed by atoms with Crippen molar-refractivity contribution in [2.75, 3.05) is 25.5 Å². The van der Waals surface area contributed by atoms with E-state index >= 15 is 0 Å². The van der Waals surface area contributed by atoms with Gasteiger partial charge in [0.25, 0.3) is 0 Å². The number of sulfonamides is 1. The van der Waals surface area contributed by atoms with Crippen LogP contribution in [-0.4, -0.2) is 44.3 Å². The van der Waals surface area contributed by atoms with Gasteiger partial charge in [0.05, 0.1) is 5.54 Å². The maximum atomic E-state index is 12.6. The number of carbonyl (C=O) groups is 1. The first-order valence-corrected chi connectivity index (χ1v) is 9.65. The van der Waals surface area contributed by atoms with E-state index in [2.05, 4.69) is 5.32 Å². The molecule has 8 heteroatoms. The molecule has 1 saturated heterocycles. The average molecular weight is 366 g/mol. The van der Waals surface area contributed by atoms with Gasteiger partial charge in [0.2, 0.25) is 15.9 Å². The van der Waals surface area contributed by atoms with E-state index in [4.69, 9.17) is 11.5 Å². The van der Waals surface area contributed by atoms with Crippen molar-refractivity contribution in [2.45, 2.75) is 32.2 Å². The summed E-state index contributed by atoms with van der Waals surface area (Å²) in [4.78, 5) is 11.4. The maximum absolute atomic E-state index is 12.6. The quantitative estimate of drug-likeness (QED) is 0.716. The van der Waals surface area contributed by atoms with Gasteiger partial charge in [-0.2, -0.15) is 4.31 Å². The molecule has 0 bridgehead atoms.